The monoisotopic (exact) mass is 287 g/mol. The summed E-state index contributed by atoms with van der Waals surface area (Å²) in [6.45, 7) is 14.8. The highest BCUT2D eigenvalue weighted by molar-refractivity contribution is 5.35. The van der Waals surface area contributed by atoms with Gasteiger partial charge in [-0.3, -0.25) is 0 Å². The molecule has 1 saturated carbocycles. The van der Waals surface area contributed by atoms with Crippen molar-refractivity contribution in [2.75, 3.05) is 6.54 Å². The van der Waals surface area contributed by atoms with E-state index in [0.717, 1.165) is 12.5 Å². The highest BCUT2D eigenvalue weighted by atomic mass is 15.0. The number of rotatable bonds is 3. The van der Waals surface area contributed by atoms with Gasteiger partial charge < -0.3 is 5.32 Å². The van der Waals surface area contributed by atoms with E-state index in [0.29, 0.717) is 5.41 Å². The van der Waals surface area contributed by atoms with E-state index in [4.69, 9.17) is 0 Å². The zero-order valence-corrected chi connectivity index (χ0v) is 14.8. The van der Waals surface area contributed by atoms with E-state index < -0.39 is 0 Å². The van der Waals surface area contributed by atoms with E-state index in [1.807, 2.05) is 0 Å². The lowest BCUT2D eigenvalue weighted by Crippen LogP contribution is -2.47. The summed E-state index contributed by atoms with van der Waals surface area (Å²) < 4.78 is 0. The standard InChI is InChI=1S/C20H33N/c1-15-7-9-20(10-8-15,14-21-19(4,5)6)18-12-16(2)11-17(3)13-18/h11-13,15,21H,7-10,14H2,1-6H3. The molecule has 1 aliphatic rings. The molecular weight excluding hydrogens is 254 g/mol. The van der Waals surface area contributed by atoms with Crippen LogP contribution in [-0.4, -0.2) is 12.1 Å². The van der Waals surface area contributed by atoms with Crippen LogP contribution in [0.1, 0.15) is 70.1 Å². The van der Waals surface area contributed by atoms with E-state index >= 15 is 0 Å². The molecule has 1 aliphatic carbocycles. The molecule has 1 nitrogen and oxygen atoms in total. The summed E-state index contributed by atoms with van der Waals surface area (Å²) in [5.41, 5.74) is 4.88. The van der Waals surface area contributed by atoms with Gasteiger partial charge in [0.25, 0.3) is 0 Å². The number of nitrogens with one attached hydrogen (secondary N) is 1. The van der Waals surface area contributed by atoms with E-state index in [1.165, 1.54) is 36.8 Å². The summed E-state index contributed by atoms with van der Waals surface area (Å²) in [6, 6.07) is 7.14. The molecule has 0 amide bonds. The van der Waals surface area contributed by atoms with Crippen molar-refractivity contribution in [1.82, 2.24) is 5.32 Å². The first-order valence-corrected chi connectivity index (χ1v) is 8.54. The average Bonchev–Trinajstić information content (AvgIpc) is 2.36. The topological polar surface area (TPSA) is 12.0 Å². The Morgan fingerprint density at radius 2 is 1.57 bits per heavy atom. The molecule has 0 heterocycles. The maximum absolute atomic E-state index is 3.78. The Morgan fingerprint density at radius 1 is 1.05 bits per heavy atom. The predicted molar refractivity (Wildman–Crippen MR) is 93.0 cm³/mol. The third-order valence-electron chi connectivity index (χ3n) is 5.02. The van der Waals surface area contributed by atoms with E-state index in [-0.39, 0.29) is 5.54 Å². The van der Waals surface area contributed by atoms with Crippen LogP contribution >= 0.6 is 0 Å². The highest BCUT2D eigenvalue weighted by Gasteiger charge is 2.36. The van der Waals surface area contributed by atoms with Gasteiger partial charge in [-0.25, -0.2) is 0 Å². The van der Waals surface area contributed by atoms with Crippen LogP contribution < -0.4 is 5.32 Å². The van der Waals surface area contributed by atoms with Crippen LogP contribution in [0.2, 0.25) is 0 Å². The second-order valence-electron chi connectivity index (χ2n) is 8.44. The van der Waals surface area contributed by atoms with Crippen LogP contribution in [0.15, 0.2) is 18.2 Å². The van der Waals surface area contributed by atoms with E-state index in [2.05, 4.69) is 65.1 Å². The van der Waals surface area contributed by atoms with Gasteiger partial charge in [0.2, 0.25) is 0 Å². The van der Waals surface area contributed by atoms with Crippen molar-refractivity contribution < 1.29 is 0 Å². The van der Waals surface area contributed by atoms with Gasteiger partial charge in [-0.15, -0.1) is 0 Å². The fraction of sp³-hybridized carbons (Fsp3) is 0.700. The van der Waals surface area contributed by atoms with Crippen LogP contribution in [-0.2, 0) is 5.41 Å². The second-order valence-corrected chi connectivity index (χ2v) is 8.44. The number of benzene rings is 1. The largest absolute Gasteiger partial charge is 0.311 e. The summed E-state index contributed by atoms with van der Waals surface area (Å²) in [6.07, 6.45) is 5.36. The quantitative estimate of drug-likeness (QED) is 0.811. The van der Waals surface area contributed by atoms with Crippen molar-refractivity contribution in [2.45, 2.75) is 78.2 Å². The Morgan fingerprint density at radius 3 is 2.05 bits per heavy atom. The molecule has 1 aromatic rings. The highest BCUT2D eigenvalue weighted by Crippen LogP contribution is 2.42. The van der Waals surface area contributed by atoms with Crippen LogP contribution in [0.25, 0.3) is 0 Å². The molecule has 0 saturated heterocycles. The average molecular weight is 287 g/mol. The van der Waals surface area contributed by atoms with Gasteiger partial charge >= 0.3 is 0 Å². The molecule has 1 heteroatoms. The Balaban J connectivity index is 2.31. The summed E-state index contributed by atoms with van der Waals surface area (Å²) in [4.78, 5) is 0. The zero-order chi connectivity index (χ0) is 15.7. The molecule has 1 N–H and O–H groups in total. The van der Waals surface area contributed by atoms with Crippen molar-refractivity contribution >= 4 is 0 Å². The van der Waals surface area contributed by atoms with Gasteiger partial charge in [0.05, 0.1) is 0 Å². The molecular formula is C20H33N. The van der Waals surface area contributed by atoms with Gasteiger partial charge in [0.1, 0.15) is 0 Å². The van der Waals surface area contributed by atoms with E-state index in [1.54, 1.807) is 5.56 Å². The lowest BCUT2D eigenvalue weighted by atomic mass is 9.66. The van der Waals surface area contributed by atoms with Crippen molar-refractivity contribution in [3.63, 3.8) is 0 Å². The number of hydrogen-bond acceptors (Lipinski definition) is 1. The molecule has 0 radical (unpaired) electrons. The summed E-state index contributed by atoms with van der Waals surface area (Å²) in [5, 5.41) is 3.78. The van der Waals surface area contributed by atoms with Crippen molar-refractivity contribution in [1.29, 1.82) is 0 Å². The molecule has 0 spiro atoms. The number of hydrogen-bond donors (Lipinski definition) is 1. The van der Waals surface area contributed by atoms with Crippen molar-refractivity contribution in [3.05, 3.63) is 34.9 Å². The van der Waals surface area contributed by atoms with Crippen molar-refractivity contribution in [2.24, 2.45) is 5.92 Å². The molecule has 118 valence electrons. The molecule has 0 unspecified atom stereocenters. The normalized spacial score (nSPS) is 26.9. The first-order chi connectivity index (χ1) is 9.70. The first kappa shape index (κ1) is 16.5. The molecule has 0 atom stereocenters. The minimum absolute atomic E-state index is 0.189. The van der Waals surface area contributed by atoms with Gasteiger partial charge in [0.15, 0.2) is 0 Å². The maximum Gasteiger partial charge on any atom is 0.00968 e. The summed E-state index contributed by atoms with van der Waals surface area (Å²) in [7, 11) is 0. The van der Waals surface area contributed by atoms with Crippen LogP contribution in [0.3, 0.4) is 0 Å². The summed E-state index contributed by atoms with van der Waals surface area (Å²) >= 11 is 0. The molecule has 21 heavy (non-hydrogen) atoms. The lowest BCUT2D eigenvalue weighted by Gasteiger charge is -2.42. The summed E-state index contributed by atoms with van der Waals surface area (Å²) in [5.74, 6) is 0.888. The fourth-order valence-corrected chi connectivity index (χ4v) is 3.60. The Kier molecular flexibility index (Phi) is 4.82. The minimum Gasteiger partial charge on any atom is -0.311 e. The molecule has 0 aromatic heterocycles. The Labute approximate surface area is 131 Å². The molecule has 2 rings (SSSR count). The molecule has 1 aromatic carbocycles. The smallest absolute Gasteiger partial charge is 0.00968 e. The minimum atomic E-state index is 0.189. The lowest BCUT2D eigenvalue weighted by molar-refractivity contribution is 0.217. The van der Waals surface area contributed by atoms with Crippen molar-refractivity contribution in [3.8, 4) is 0 Å². The first-order valence-electron chi connectivity index (χ1n) is 8.54. The van der Waals surface area contributed by atoms with Crippen LogP contribution in [0.4, 0.5) is 0 Å². The molecule has 0 bridgehead atoms. The van der Waals surface area contributed by atoms with Crippen LogP contribution in [0.5, 0.6) is 0 Å². The second kappa shape index (κ2) is 6.12. The third-order valence-corrected chi connectivity index (χ3v) is 5.02. The van der Waals surface area contributed by atoms with Gasteiger partial charge in [-0.1, -0.05) is 36.2 Å². The Hall–Kier alpha value is -0.820. The third kappa shape index (κ3) is 4.32. The molecule has 0 aliphatic heterocycles. The fourth-order valence-electron chi connectivity index (χ4n) is 3.60. The van der Waals surface area contributed by atoms with Gasteiger partial charge in [-0.05, 0) is 71.8 Å². The Bertz CT molecular complexity index is 453. The molecule has 1 fully saturated rings. The van der Waals surface area contributed by atoms with Crippen LogP contribution in [0, 0.1) is 19.8 Å². The zero-order valence-electron chi connectivity index (χ0n) is 14.8. The number of aryl methyl sites for hydroxylation is 2. The predicted octanol–water partition coefficient (Wildman–Crippen LogP) is 5.14. The maximum atomic E-state index is 3.78. The SMILES string of the molecule is Cc1cc(C)cc(C2(CNC(C)(C)C)CCC(C)CC2)c1. The van der Waals surface area contributed by atoms with E-state index in [9.17, 15) is 0 Å². The van der Waals surface area contributed by atoms with Gasteiger partial charge in [-0.2, -0.15) is 0 Å². The van der Waals surface area contributed by atoms with Gasteiger partial charge in [0, 0.05) is 17.5 Å².